The number of imidazole rings is 1. The van der Waals surface area contributed by atoms with Gasteiger partial charge in [0.15, 0.2) is 12.7 Å². The second-order valence-corrected chi connectivity index (χ2v) is 5.96. The van der Waals surface area contributed by atoms with Crippen molar-refractivity contribution >= 4 is 27.6 Å². The van der Waals surface area contributed by atoms with Gasteiger partial charge in [0.05, 0.1) is 11.9 Å². The molecule has 0 N–H and O–H groups in total. The van der Waals surface area contributed by atoms with Crippen LogP contribution in [-0.4, -0.2) is 14.5 Å². The van der Waals surface area contributed by atoms with Gasteiger partial charge in [-0.05, 0) is 17.1 Å². The third-order valence-electron chi connectivity index (χ3n) is 4.41. The summed E-state index contributed by atoms with van der Waals surface area (Å²) < 4.78 is 3.81. The molecule has 6 nitrogen and oxygen atoms in total. The molecule has 132 valence electrons. The molecule has 0 bridgehead atoms. The normalized spacial score (nSPS) is 10.8. The van der Waals surface area contributed by atoms with Crippen LogP contribution in [0.4, 0.5) is 5.95 Å². The van der Waals surface area contributed by atoms with E-state index in [9.17, 15) is 10.1 Å². The van der Waals surface area contributed by atoms with E-state index in [1.165, 1.54) is 27.9 Å². The van der Waals surface area contributed by atoms with E-state index in [0.29, 0.717) is 6.54 Å². The fourth-order valence-corrected chi connectivity index (χ4v) is 3.29. The Bertz CT molecular complexity index is 1080. The number of halogens is 1. The molecule has 26 heavy (non-hydrogen) atoms. The highest BCUT2D eigenvalue weighted by Gasteiger charge is 2.16. The Labute approximate surface area is 160 Å². The molecule has 0 atom stereocenters. The Balaban J connectivity index is 0.00000196. The fourth-order valence-electron chi connectivity index (χ4n) is 3.29. The number of rotatable bonds is 5. The monoisotopic (exact) mass is 412 g/mol. The number of pyridine rings is 1. The van der Waals surface area contributed by atoms with Gasteiger partial charge in [-0.25, -0.2) is 4.57 Å². The van der Waals surface area contributed by atoms with E-state index in [1.54, 1.807) is 10.8 Å². The highest BCUT2D eigenvalue weighted by atomic mass is 79.9. The number of benzene rings is 2. The standard InChI is InChI=1S/C19H17N4O2.BrH/c24-23(25)19-20-10-13-21(19)11-5-12-22-14-15-6-1-2-7-16(15)17-8-3-4-9-18(17)22;/h1-4,6-10,13-14H,5,11-12H2;1H/q+1;/p-1. The lowest BCUT2D eigenvalue weighted by Gasteiger charge is -2.06. The van der Waals surface area contributed by atoms with E-state index in [1.807, 2.05) is 18.2 Å². The van der Waals surface area contributed by atoms with Crippen molar-refractivity contribution in [2.45, 2.75) is 19.5 Å². The molecule has 0 saturated carbocycles. The third-order valence-corrected chi connectivity index (χ3v) is 4.41. The minimum absolute atomic E-state index is 0. The summed E-state index contributed by atoms with van der Waals surface area (Å²) in [6.07, 6.45) is 6.06. The van der Waals surface area contributed by atoms with Crippen molar-refractivity contribution in [1.82, 2.24) is 9.55 Å². The second kappa shape index (κ2) is 7.61. The Morgan fingerprint density at radius 3 is 2.62 bits per heavy atom. The van der Waals surface area contributed by atoms with Crippen LogP contribution >= 0.6 is 0 Å². The Hall–Kier alpha value is -2.80. The minimum atomic E-state index is -0.446. The first-order chi connectivity index (χ1) is 12.2. The molecule has 0 saturated heterocycles. The van der Waals surface area contributed by atoms with E-state index in [0.717, 1.165) is 13.0 Å². The number of nitrogens with zero attached hydrogens (tertiary/aromatic N) is 4. The summed E-state index contributed by atoms with van der Waals surface area (Å²) in [4.78, 5) is 14.3. The summed E-state index contributed by atoms with van der Waals surface area (Å²) in [5, 5.41) is 14.6. The van der Waals surface area contributed by atoms with Gasteiger partial charge in [-0.1, -0.05) is 35.3 Å². The van der Waals surface area contributed by atoms with Crippen molar-refractivity contribution in [3.8, 4) is 0 Å². The molecule has 0 aliphatic carbocycles. The molecule has 2 heterocycles. The van der Waals surface area contributed by atoms with Crippen LogP contribution in [-0.2, 0) is 13.1 Å². The van der Waals surface area contributed by atoms with Crippen LogP contribution in [0.3, 0.4) is 0 Å². The van der Waals surface area contributed by atoms with Crippen LogP contribution < -0.4 is 21.5 Å². The summed E-state index contributed by atoms with van der Waals surface area (Å²) in [6, 6.07) is 16.7. The van der Waals surface area contributed by atoms with Gasteiger partial charge >= 0.3 is 5.95 Å². The van der Waals surface area contributed by atoms with Gasteiger partial charge in [0.2, 0.25) is 5.52 Å². The SMILES string of the molecule is O=[N+]([O-])c1nccn1CCC[n+]1cc2ccccc2c2ccccc21.[Br-]. The lowest BCUT2D eigenvalue weighted by Crippen LogP contribution is -3.00. The Morgan fingerprint density at radius 1 is 1.08 bits per heavy atom. The number of hydrogen-bond acceptors (Lipinski definition) is 3. The Kier molecular flexibility index (Phi) is 5.27. The van der Waals surface area contributed by atoms with Gasteiger partial charge in [-0.3, -0.25) is 0 Å². The predicted molar refractivity (Wildman–Crippen MR) is 95.1 cm³/mol. The molecular formula is C19H17BrN4O2. The number of para-hydroxylation sites is 1. The van der Waals surface area contributed by atoms with E-state index in [4.69, 9.17) is 0 Å². The van der Waals surface area contributed by atoms with Crippen molar-refractivity contribution in [2.24, 2.45) is 0 Å². The summed E-state index contributed by atoms with van der Waals surface area (Å²) in [6.45, 7) is 1.34. The third kappa shape index (κ3) is 3.30. The summed E-state index contributed by atoms with van der Waals surface area (Å²) in [5.74, 6) is -0.103. The number of aromatic nitrogens is 3. The highest BCUT2D eigenvalue weighted by molar-refractivity contribution is 6.03. The second-order valence-electron chi connectivity index (χ2n) is 5.96. The van der Waals surface area contributed by atoms with Crippen molar-refractivity contribution in [1.29, 1.82) is 0 Å². The first kappa shape index (κ1) is 18.0. The molecule has 0 spiro atoms. The zero-order valence-corrected chi connectivity index (χ0v) is 15.5. The van der Waals surface area contributed by atoms with Crippen LogP contribution in [0.1, 0.15) is 6.42 Å². The number of nitro groups is 1. The van der Waals surface area contributed by atoms with E-state index in [2.05, 4.69) is 46.1 Å². The first-order valence-corrected chi connectivity index (χ1v) is 8.19. The van der Waals surface area contributed by atoms with Gasteiger partial charge in [0.25, 0.3) is 0 Å². The quantitative estimate of drug-likeness (QED) is 0.207. The van der Waals surface area contributed by atoms with Gasteiger partial charge in [-0.15, -0.1) is 0 Å². The smallest absolute Gasteiger partial charge is 0.434 e. The van der Waals surface area contributed by atoms with E-state index < -0.39 is 4.92 Å². The largest absolute Gasteiger partial charge is 1.00 e. The molecule has 2 aromatic carbocycles. The molecule has 0 fully saturated rings. The highest BCUT2D eigenvalue weighted by Crippen LogP contribution is 2.22. The van der Waals surface area contributed by atoms with Gasteiger partial charge in [-0.2, -0.15) is 4.57 Å². The molecule has 0 aliphatic heterocycles. The molecular weight excluding hydrogens is 396 g/mol. The maximum atomic E-state index is 11.0. The molecule has 4 aromatic rings. The summed E-state index contributed by atoms with van der Waals surface area (Å²) in [7, 11) is 0. The molecule has 2 aromatic heterocycles. The topological polar surface area (TPSA) is 64.8 Å². The van der Waals surface area contributed by atoms with Crippen molar-refractivity contribution in [3.05, 3.63) is 77.2 Å². The van der Waals surface area contributed by atoms with Crippen molar-refractivity contribution < 1.29 is 26.5 Å². The lowest BCUT2D eigenvalue weighted by atomic mass is 10.1. The predicted octanol–water partition coefficient (Wildman–Crippen LogP) is 0.479. The summed E-state index contributed by atoms with van der Waals surface area (Å²) >= 11 is 0. The van der Waals surface area contributed by atoms with Gasteiger partial charge in [0.1, 0.15) is 12.4 Å². The van der Waals surface area contributed by atoms with E-state index in [-0.39, 0.29) is 22.9 Å². The van der Waals surface area contributed by atoms with E-state index >= 15 is 0 Å². The average molecular weight is 413 g/mol. The maximum absolute atomic E-state index is 11.0. The molecule has 0 unspecified atom stereocenters. The zero-order valence-electron chi connectivity index (χ0n) is 14.0. The Morgan fingerprint density at radius 2 is 1.81 bits per heavy atom. The average Bonchev–Trinajstić information content (AvgIpc) is 3.11. The fraction of sp³-hybridized carbons (Fsp3) is 0.158. The van der Waals surface area contributed by atoms with Crippen LogP contribution in [0.25, 0.3) is 21.7 Å². The molecule has 0 radical (unpaired) electrons. The van der Waals surface area contributed by atoms with Crippen molar-refractivity contribution in [2.75, 3.05) is 0 Å². The summed E-state index contributed by atoms with van der Waals surface area (Å²) in [5.41, 5.74) is 1.17. The molecule has 7 heteroatoms. The van der Waals surface area contributed by atoms with Crippen LogP contribution in [0, 0.1) is 10.1 Å². The maximum Gasteiger partial charge on any atom is 0.434 e. The number of fused-ring (bicyclic) bond motifs is 3. The lowest BCUT2D eigenvalue weighted by molar-refractivity contribution is -0.670. The first-order valence-electron chi connectivity index (χ1n) is 8.19. The van der Waals surface area contributed by atoms with Crippen molar-refractivity contribution in [3.63, 3.8) is 0 Å². The molecule has 0 aliphatic rings. The molecule has 0 amide bonds. The van der Waals surface area contributed by atoms with Gasteiger partial charge in [0, 0.05) is 23.3 Å². The van der Waals surface area contributed by atoms with Crippen LogP contribution in [0.5, 0.6) is 0 Å². The van der Waals surface area contributed by atoms with Crippen LogP contribution in [0.2, 0.25) is 0 Å². The minimum Gasteiger partial charge on any atom is -1.00 e. The number of aryl methyl sites for hydroxylation is 2. The number of hydrogen-bond donors (Lipinski definition) is 0. The molecule has 4 rings (SSSR count). The zero-order chi connectivity index (χ0) is 17.2. The van der Waals surface area contributed by atoms with Gasteiger partial charge < -0.3 is 27.1 Å². The van der Waals surface area contributed by atoms with Crippen LogP contribution in [0.15, 0.2) is 67.1 Å².